The highest BCUT2D eigenvalue weighted by atomic mass is 35.5. The van der Waals surface area contributed by atoms with E-state index in [0.717, 1.165) is 29.9 Å². The molecule has 0 spiro atoms. The lowest BCUT2D eigenvalue weighted by Crippen LogP contribution is -2.54. The first-order chi connectivity index (χ1) is 17.2. The fraction of sp³-hybridized carbons (Fsp3) is 0.429. The van der Waals surface area contributed by atoms with Crippen LogP contribution >= 0.6 is 11.6 Å². The standard InChI is InChI=1S/C28H29ClN4O3/c1-17-7-22(29)9-20(26(17)31-27(36)21-10-23(16-30)32(2)24(34)11-21)8-18-3-5-33(6-4-18)25(35)15-28-12-19(13-28)14-28/h7-11,19H,3-6,12-15H2,1-2H3,(H,31,36). The van der Waals surface area contributed by atoms with Crippen LogP contribution in [0.4, 0.5) is 5.69 Å². The number of piperidine rings is 1. The van der Waals surface area contributed by atoms with E-state index in [0.29, 0.717) is 35.6 Å². The van der Waals surface area contributed by atoms with Crippen molar-refractivity contribution in [2.24, 2.45) is 18.4 Å². The average Bonchev–Trinajstić information content (AvgIpc) is 2.79. The lowest BCUT2D eigenvalue weighted by Gasteiger charge is -2.62. The molecule has 1 aromatic heterocycles. The Bertz CT molecular complexity index is 1370. The Morgan fingerprint density at radius 1 is 1.19 bits per heavy atom. The molecule has 2 aromatic rings. The molecule has 0 radical (unpaired) electrons. The molecule has 1 N–H and O–H groups in total. The summed E-state index contributed by atoms with van der Waals surface area (Å²) >= 11 is 6.35. The van der Waals surface area contributed by atoms with Gasteiger partial charge in [-0.25, -0.2) is 0 Å². The molecule has 4 aliphatic rings. The number of benzene rings is 1. The van der Waals surface area contributed by atoms with Gasteiger partial charge in [0.05, 0.1) is 5.69 Å². The third kappa shape index (κ3) is 4.58. The topological polar surface area (TPSA) is 95.2 Å². The number of amides is 2. The van der Waals surface area contributed by atoms with Crippen LogP contribution in [0.5, 0.6) is 0 Å². The molecule has 1 saturated heterocycles. The quantitative estimate of drug-likeness (QED) is 0.640. The van der Waals surface area contributed by atoms with Gasteiger partial charge in [0.1, 0.15) is 11.8 Å². The number of anilines is 1. The molecule has 2 amide bonds. The van der Waals surface area contributed by atoms with Crippen LogP contribution in [0.3, 0.4) is 0 Å². The van der Waals surface area contributed by atoms with Crippen molar-refractivity contribution in [1.29, 1.82) is 5.26 Å². The van der Waals surface area contributed by atoms with Gasteiger partial charge in [-0.05, 0) is 79.7 Å². The van der Waals surface area contributed by atoms with Gasteiger partial charge in [0.15, 0.2) is 0 Å². The number of carbonyl (C=O) groups is 2. The van der Waals surface area contributed by atoms with Crippen LogP contribution in [0.1, 0.15) is 65.7 Å². The molecule has 7 nitrogen and oxygen atoms in total. The van der Waals surface area contributed by atoms with Crippen molar-refractivity contribution in [2.45, 2.75) is 45.4 Å². The van der Waals surface area contributed by atoms with Crippen molar-refractivity contribution >= 4 is 35.2 Å². The van der Waals surface area contributed by atoms with E-state index in [2.05, 4.69) is 5.32 Å². The minimum absolute atomic E-state index is 0.109. The SMILES string of the molecule is Cc1cc(Cl)cc(C=C2CCN(C(=O)CC34CC(C3)C4)CC2)c1NC(=O)c1cc(C#N)n(C)c(=O)c1. The second kappa shape index (κ2) is 9.25. The van der Waals surface area contributed by atoms with E-state index >= 15 is 0 Å². The summed E-state index contributed by atoms with van der Waals surface area (Å²) in [4.78, 5) is 40.0. The van der Waals surface area contributed by atoms with E-state index in [1.807, 2.05) is 30.0 Å². The van der Waals surface area contributed by atoms with E-state index in [1.165, 1.54) is 48.6 Å². The first-order valence-corrected chi connectivity index (χ1v) is 12.7. The first-order valence-electron chi connectivity index (χ1n) is 12.4. The summed E-state index contributed by atoms with van der Waals surface area (Å²) in [5, 5.41) is 12.8. The first kappa shape index (κ1) is 24.3. The number of carbonyl (C=O) groups excluding carboxylic acids is 2. The number of aryl methyl sites for hydroxylation is 1. The summed E-state index contributed by atoms with van der Waals surface area (Å²) in [6.45, 7) is 3.27. The van der Waals surface area contributed by atoms with E-state index in [1.54, 1.807) is 6.07 Å². The van der Waals surface area contributed by atoms with Crippen LogP contribution in [0.15, 0.2) is 34.6 Å². The molecule has 2 bridgehead atoms. The number of pyridine rings is 1. The van der Waals surface area contributed by atoms with Gasteiger partial charge in [0, 0.05) is 43.2 Å². The molecular formula is C28H29ClN4O3. The molecule has 6 rings (SSSR count). The van der Waals surface area contributed by atoms with Gasteiger partial charge in [-0.15, -0.1) is 0 Å². The van der Waals surface area contributed by atoms with Crippen LogP contribution in [0, 0.1) is 29.6 Å². The second-order valence-electron chi connectivity index (χ2n) is 10.6. The van der Waals surface area contributed by atoms with Gasteiger partial charge in [-0.1, -0.05) is 23.3 Å². The molecule has 3 aliphatic carbocycles. The lowest BCUT2D eigenvalue weighted by atomic mass is 9.43. The number of nitrogens with one attached hydrogen (secondary N) is 1. The molecule has 1 aliphatic heterocycles. The number of nitriles is 1. The highest BCUT2D eigenvalue weighted by molar-refractivity contribution is 6.31. The summed E-state index contributed by atoms with van der Waals surface area (Å²) in [5.74, 6) is 0.693. The average molecular weight is 505 g/mol. The molecule has 8 heteroatoms. The number of rotatable bonds is 5. The van der Waals surface area contributed by atoms with Crippen molar-refractivity contribution in [3.63, 3.8) is 0 Å². The van der Waals surface area contributed by atoms with Crippen molar-refractivity contribution in [3.05, 3.63) is 67.6 Å². The second-order valence-corrected chi connectivity index (χ2v) is 11.1. The van der Waals surface area contributed by atoms with Crippen molar-refractivity contribution < 1.29 is 9.59 Å². The van der Waals surface area contributed by atoms with Crippen LogP contribution in [0.25, 0.3) is 6.08 Å². The van der Waals surface area contributed by atoms with Crippen molar-refractivity contribution in [2.75, 3.05) is 18.4 Å². The summed E-state index contributed by atoms with van der Waals surface area (Å²) in [5.41, 5.74) is 3.50. The normalized spacial score (nSPS) is 22.2. The number of hydrogen-bond acceptors (Lipinski definition) is 4. The van der Waals surface area contributed by atoms with E-state index in [4.69, 9.17) is 11.6 Å². The van der Waals surface area contributed by atoms with Gasteiger partial charge in [-0.3, -0.25) is 14.4 Å². The Balaban J connectivity index is 1.32. The van der Waals surface area contributed by atoms with Gasteiger partial charge in [0.2, 0.25) is 5.91 Å². The van der Waals surface area contributed by atoms with Crippen LogP contribution < -0.4 is 10.9 Å². The lowest BCUT2D eigenvalue weighted by molar-refractivity contribution is -0.153. The molecule has 4 fully saturated rings. The van der Waals surface area contributed by atoms with Crippen LogP contribution in [-0.2, 0) is 11.8 Å². The Morgan fingerprint density at radius 2 is 1.89 bits per heavy atom. The minimum atomic E-state index is -0.469. The summed E-state index contributed by atoms with van der Waals surface area (Å²) in [6.07, 6.45) is 7.99. The third-order valence-corrected chi connectivity index (χ3v) is 8.24. The fourth-order valence-corrected chi connectivity index (χ4v) is 6.11. The van der Waals surface area contributed by atoms with Crippen molar-refractivity contribution in [3.8, 4) is 6.07 Å². The predicted octanol–water partition coefficient (Wildman–Crippen LogP) is 4.67. The highest BCUT2D eigenvalue weighted by Crippen LogP contribution is 2.66. The molecule has 36 heavy (non-hydrogen) atoms. The molecule has 0 unspecified atom stereocenters. The molecule has 0 atom stereocenters. The molecule has 3 saturated carbocycles. The van der Waals surface area contributed by atoms with Crippen molar-refractivity contribution in [1.82, 2.24) is 9.47 Å². The van der Waals surface area contributed by atoms with Gasteiger partial charge >= 0.3 is 0 Å². The van der Waals surface area contributed by atoms with E-state index in [9.17, 15) is 19.6 Å². The van der Waals surface area contributed by atoms with Gasteiger partial charge in [-0.2, -0.15) is 5.26 Å². The number of halogens is 1. The van der Waals surface area contributed by atoms with Gasteiger partial charge < -0.3 is 14.8 Å². The smallest absolute Gasteiger partial charge is 0.255 e. The Morgan fingerprint density at radius 3 is 2.50 bits per heavy atom. The summed E-state index contributed by atoms with van der Waals surface area (Å²) in [6, 6.07) is 8.15. The maximum Gasteiger partial charge on any atom is 0.255 e. The Labute approximate surface area is 215 Å². The van der Waals surface area contributed by atoms with E-state index < -0.39 is 11.5 Å². The molecular weight excluding hydrogens is 476 g/mol. The zero-order chi connectivity index (χ0) is 25.6. The predicted molar refractivity (Wildman–Crippen MR) is 139 cm³/mol. The molecule has 186 valence electrons. The van der Waals surface area contributed by atoms with E-state index in [-0.39, 0.29) is 17.2 Å². The van der Waals surface area contributed by atoms with Crippen LogP contribution in [0.2, 0.25) is 5.02 Å². The zero-order valence-corrected chi connectivity index (χ0v) is 21.3. The minimum Gasteiger partial charge on any atom is -0.342 e. The number of nitrogens with zero attached hydrogens (tertiary/aromatic N) is 3. The largest absolute Gasteiger partial charge is 0.342 e. The fourth-order valence-electron chi connectivity index (χ4n) is 5.83. The maximum absolute atomic E-state index is 13.0. The van der Waals surface area contributed by atoms with Crippen LogP contribution in [-0.4, -0.2) is 34.4 Å². The summed E-state index contributed by atoms with van der Waals surface area (Å²) < 4.78 is 1.20. The summed E-state index contributed by atoms with van der Waals surface area (Å²) in [7, 11) is 1.49. The number of aromatic nitrogens is 1. The number of hydrogen-bond donors (Lipinski definition) is 1. The third-order valence-electron chi connectivity index (χ3n) is 8.02. The monoisotopic (exact) mass is 504 g/mol. The Hall–Kier alpha value is -3.37. The Kier molecular flexibility index (Phi) is 6.25. The molecule has 1 aromatic carbocycles. The van der Waals surface area contributed by atoms with Gasteiger partial charge in [0.25, 0.3) is 11.5 Å². The molecule has 2 heterocycles. The zero-order valence-electron chi connectivity index (χ0n) is 20.6. The maximum atomic E-state index is 13.0. The number of likely N-dealkylation sites (tertiary alicyclic amines) is 1. The highest BCUT2D eigenvalue weighted by Gasteiger charge is 2.57.